The molecule has 0 unspecified atom stereocenters. The van der Waals surface area contributed by atoms with E-state index in [0.717, 1.165) is 55.6 Å². The molecule has 7 aromatic carbocycles. The monoisotopic (exact) mass is 726 g/mol. The first kappa shape index (κ1) is 33.5. The molecule has 0 saturated heterocycles. The Bertz CT molecular complexity index is 2680. The third kappa shape index (κ3) is 5.98. The van der Waals surface area contributed by atoms with Crippen molar-refractivity contribution in [2.24, 2.45) is 0 Å². The van der Waals surface area contributed by atoms with Gasteiger partial charge in [-0.2, -0.15) is 0 Å². The van der Waals surface area contributed by atoms with Crippen molar-refractivity contribution in [3.63, 3.8) is 0 Å². The molecule has 2 aliphatic rings. The summed E-state index contributed by atoms with van der Waals surface area (Å²) >= 11 is 6.62. The molecule has 0 N–H and O–H groups in total. The van der Waals surface area contributed by atoms with Crippen molar-refractivity contribution in [2.75, 3.05) is 0 Å². The Morgan fingerprint density at radius 3 is 1.27 bits per heavy atom. The molecule has 0 radical (unpaired) electrons. The van der Waals surface area contributed by atoms with Crippen LogP contribution in [0, 0.1) is 0 Å². The average Bonchev–Trinajstić information content (AvgIpc) is 3.51. The predicted octanol–water partition coefficient (Wildman–Crippen LogP) is 14.4. The molecule has 0 aliphatic heterocycles. The average molecular weight is 727 g/mol. The van der Waals surface area contributed by atoms with Crippen molar-refractivity contribution in [3.05, 3.63) is 192 Å². The molecule has 3 heteroatoms. The van der Waals surface area contributed by atoms with Gasteiger partial charge in [0.25, 0.3) is 0 Å². The summed E-state index contributed by atoms with van der Waals surface area (Å²) in [6.45, 7) is 0. The van der Waals surface area contributed by atoms with Crippen LogP contribution in [0.15, 0.2) is 176 Å². The van der Waals surface area contributed by atoms with Crippen molar-refractivity contribution in [1.82, 2.24) is 9.97 Å². The molecular formula is C52H39ClN2. The summed E-state index contributed by atoms with van der Waals surface area (Å²) in [6.07, 6.45) is 6.15. The Balaban J connectivity index is 1.08. The fourth-order valence-electron chi connectivity index (χ4n) is 9.09. The lowest BCUT2D eigenvalue weighted by Gasteiger charge is -2.36. The predicted molar refractivity (Wildman–Crippen MR) is 229 cm³/mol. The zero-order valence-electron chi connectivity index (χ0n) is 30.6. The molecular weight excluding hydrogens is 688 g/mol. The lowest BCUT2D eigenvalue weighted by molar-refractivity contribution is 0.353. The van der Waals surface area contributed by atoms with Gasteiger partial charge in [-0.3, -0.25) is 0 Å². The van der Waals surface area contributed by atoms with Crippen LogP contribution in [0.4, 0.5) is 0 Å². The largest absolute Gasteiger partial charge is 0.243 e. The summed E-state index contributed by atoms with van der Waals surface area (Å²) < 4.78 is 0. The topological polar surface area (TPSA) is 25.8 Å². The van der Waals surface area contributed by atoms with Crippen molar-refractivity contribution >= 4 is 11.6 Å². The summed E-state index contributed by atoms with van der Waals surface area (Å²) in [5.74, 6) is 0. The van der Waals surface area contributed by atoms with Crippen LogP contribution < -0.4 is 0 Å². The number of halogens is 1. The normalized spacial score (nSPS) is 14.1. The second-order valence-corrected chi connectivity index (χ2v) is 15.4. The molecule has 0 bridgehead atoms. The number of rotatable bonds is 6. The Morgan fingerprint density at radius 1 is 0.345 bits per heavy atom. The molecule has 0 amide bonds. The minimum absolute atomic E-state index is 0.0436. The van der Waals surface area contributed by atoms with Crippen LogP contribution in [0.2, 0.25) is 5.02 Å². The van der Waals surface area contributed by atoms with Gasteiger partial charge in [0.1, 0.15) is 0 Å². The van der Waals surface area contributed by atoms with Crippen LogP contribution in [-0.2, 0) is 5.41 Å². The van der Waals surface area contributed by atoms with Crippen molar-refractivity contribution < 1.29 is 0 Å². The zero-order valence-corrected chi connectivity index (χ0v) is 31.3. The first-order valence-electron chi connectivity index (χ1n) is 19.4. The van der Waals surface area contributed by atoms with E-state index in [1.54, 1.807) is 0 Å². The summed E-state index contributed by atoms with van der Waals surface area (Å²) in [7, 11) is 0. The molecule has 2 aliphatic carbocycles. The summed E-state index contributed by atoms with van der Waals surface area (Å²) in [4.78, 5) is 10.9. The Hall–Kier alpha value is -6.09. The first-order valence-corrected chi connectivity index (χ1v) is 19.8. The van der Waals surface area contributed by atoms with Crippen LogP contribution in [0.3, 0.4) is 0 Å². The zero-order chi connectivity index (χ0) is 36.8. The number of nitrogens with zero attached hydrogens (tertiary/aromatic N) is 2. The Kier molecular flexibility index (Phi) is 8.50. The molecule has 1 spiro atoms. The minimum atomic E-state index is 0.0436. The molecule has 1 aromatic heterocycles. The van der Waals surface area contributed by atoms with Gasteiger partial charge < -0.3 is 0 Å². The number of benzene rings is 7. The van der Waals surface area contributed by atoms with E-state index < -0.39 is 0 Å². The number of hydrogen-bond donors (Lipinski definition) is 0. The van der Waals surface area contributed by atoms with Gasteiger partial charge >= 0.3 is 0 Å². The fourth-order valence-corrected chi connectivity index (χ4v) is 9.27. The van der Waals surface area contributed by atoms with Crippen LogP contribution in [0.1, 0.15) is 43.2 Å². The molecule has 55 heavy (non-hydrogen) atoms. The van der Waals surface area contributed by atoms with Crippen molar-refractivity contribution in [2.45, 2.75) is 37.5 Å². The van der Waals surface area contributed by atoms with E-state index in [9.17, 15) is 0 Å². The molecule has 2 nitrogen and oxygen atoms in total. The summed E-state index contributed by atoms with van der Waals surface area (Å²) in [5, 5.41) is 0.831. The maximum absolute atomic E-state index is 6.62. The van der Waals surface area contributed by atoms with E-state index in [1.165, 1.54) is 71.0 Å². The van der Waals surface area contributed by atoms with Crippen LogP contribution in [0.5, 0.6) is 0 Å². The second kappa shape index (κ2) is 14.0. The number of aromatic nitrogens is 2. The fraction of sp³-hybridized carbons (Fsp3) is 0.115. The van der Waals surface area contributed by atoms with Crippen molar-refractivity contribution in [1.29, 1.82) is 0 Å². The SMILES string of the molecule is Clc1ccc2c(c1)C1(CCCCC1)c1cc(-c3cccc(-c4cccc(-c5nc(-c6ccccc6)c(-c6ccccc6)nc5-c5ccccc5)c4)c3)ccc1-2. The molecule has 10 rings (SSSR count). The van der Waals surface area contributed by atoms with E-state index in [2.05, 4.69) is 152 Å². The van der Waals surface area contributed by atoms with Gasteiger partial charge in [-0.25, -0.2) is 9.97 Å². The van der Waals surface area contributed by atoms with Crippen LogP contribution in [-0.4, -0.2) is 9.97 Å². The van der Waals surface area contributed by atoms with Gasteiger partial charge in [-0.05, 0) is 87.7 Å². The quantitative estimate of drug-likeness (QED) is 0.170. The van der Waals surface area contributed by atoms with E-state index in [-0.39, 0.29) is 5.41 Å². The highest BCUT2D eigenvalue weighted by Crippen LogP contribution is 2.57. The highest BCUT2D eigenvalue weighted by molar-refractivity contribution is 6.30. The minimum Gasteiger partial charge on any atom is -0.243 e. The van der Waals surface area contributed by atoms with E-state index in [0.29, 0.717) is 0 Å². The smallest absolute Gasteiger partial charge is 0.0973 e. The summed E-state index contributed by atoms with van der Waals surface area (Å²) in [6, 6.07) is 62.6. The molecule has 1 heterocycles. The standard InChI is InChI=1S/C52H39ClN2/c53-43-26-28-45-44-27-25-41(33-46(44)52(47(45)34-43)29-11-4-12-30-52)39-22-13-21-38(31-39)40-23-14-24-42(32-40)51-50(37-19-9-3-10-20-37)54-48(35-15-5-1-6-16-35)49(55-51)36-17-7-2-8-18-36/h1-3,5-10,13-28,31-34H,4,11-12,29-30H2. The van der Waals surface area contributed by atoms with Crippen molar-refractivity contribution in [3.8, 4) is 78.4 Å². The molecule has 8 aromatic rings. The number of fused-ring (bicyclic) bond motifs is 5. The number of hydrogen-bond acceptors (Lipinski definition) is 2. The third-order valence-electron chi connectivity index (χ3n) is 11.7. The Morgan fingerprint density at radius 2 is 0.745 bits per heavy atom. The lowest BCUT2D eigenvalue weighted by Crippen LogP contribution is -2.28. The second-order valence-electron chi connectivity index (χ2n) is 15.0. The lowest BCUT2D eigenvalue weighted by atomic mass is 9.67. The van der Waals surface area contributed by atoms with Gasteiger partial charge in [0.15, 0.2) is 0 Å². The van der Waals surface area contributed by atoms with Gasteiger partial charge in [-0.1, -0.05) is 176 Å². The third-order valence-corrected chi connectivity index (χ3v) is 12.0. The highest BCUT2D eigenvalue weighted by atomic mass is 35.5. The van der Waals surface area contributed by atoms with Gasteiger partial charge in [-0.15, -0.1) is 0 Å². The first-order chi connectivity index (χ1) is 27.1. The molecule has 1 saturated carbocycles. The maximum atomic E-state index is 6.62. The van der Waals surface area contributed by atoms with Gasteiger partial charge in [0.05, 0.1) is 22.8 Å². The van der Waals surface area contributed by atoms with Crippen LogP contribution in [0.25, 0.3) is 78.4 Å². The molecule has 0 atom stereocenters. The molecule has 1 fully saturated rings. The van der Waals surface area contributed by atoms with Crippen LogP contribution >= 0.6 is 11.6 Å². The Labute approximate surface area is 328 Å². The summed E-state index contributed by atoms with van der Waals surface area (Å²) in [5.41, 5.74) is 18.0. The van der Waals surface area contributed by atoms with Gasteiger partial charge in [0, 0.05) is 32.7 Å². The van der Waals surface area contributed by atoms with Gasteiger partial charge in [0.2, 0.25) is 0 Å². The highest BCUT2D eigenvalue weighted by Gasteiger charge is 2.44. The van der Waals surface area contributed by atoms with E-state index in [4.69, 9.17) is 21.6 Å². The maximum Gasteiger partial charge on any atom is 0.0973 e. The van der Waals surface area contributed by atoms with E-state index >= 15 is 0 Å². The van der Waals surface area contributed by atoms with E-state index in [1.807, 2.05) is 24.3 Å². The molecule has 264 valence electrons.